The minimum atomic E-state index is -0.522. The number of nitrogens with one attached hydrogen (secondary N) is 3. The summed E-state index contributed by atoms with van der Waals surface area (Å²) < 4.78 is 0. The normalized spacial score (nSPS) is 10.7. The summed E-state index contributed by atoms with van der Waals surface area (Å²) in [6.45, 7) is 0. The van der Waals surface area contributed by atoms with Gasteiger partial charge >= 0.3 is 0 Å². The number of para-hydroxylation sites is 1. The highest BCUT2D eigenvalue weighted by atomic mass is 16.2. The van der Waals surface area contributed by atoms with Gasteiger partial charge in [-0.25, -0.2) is 4.98 Å². The van der Waals surface area contributed by atoms with Crippen molar-refractivity contribution in [3.05, 3.63) is 88.5 Å². The maximum atomic E-state index is 12.2. The monoisotopic (exact) mass is 372 g/mol. The van der Waals surface area contributed by atoms with E-state index in [-0.39, 0.29) is 17.7 Å². The number of rotatable bonds is 3. The van der Waals surface area contributed by atoms with E-state index in [2.05, 4.69) is 20.8 Å². The predicted molar refractivity (Wildman–Crippen MR) is 106 cm³/mol. The van der Waals surface area contributed by atoms with E-state index in [0.717, 1.165) is 10.8 Å². The Morgan fingerprint density at radius 3 is 2.50 bits per heavy atom. The van der Waals surface area contributed by atoms with E-state index in [1.165, 1.54) is 0 Å². The van der Waals surface area contributed by atoms with Crippen LogP contribution in [0.5, 0.6) is 0 Å². The molecule has 7 nitrogen and oxygen atoms in total. The number of nitrogens with zero attached hydrogens (tertiary/aromatic N) is 1. The van der Waals surface area contributed by atoms with Gasteiger partial charge in [0.25, 0.3) is 11.5 Å². The number of aromatic amines is 1. The van der Waals surface area contributed by atoms with Crippen LogP contribution >= 0.6 is 0 Å². The third kappa shape index (κ3) is 3.59. The molecule has 0 saturated carbocycles. The Morgan fingerprint density at radius 2 is 1.64 bits per heavy atom. The van der Waals surface area contributed by atoms with E-state index in [9.17, 15) is 14.4 Å². The molecule has 0 bridgehead atoms. The average molecular weight is 372 g/mol. The second-order valence-corrected chi connectivity index (χ2v) is 6.28. The van der Waals surface area contributed by atoms with Crippen LogP contribution in [0.25, 0.3) is 21.7 Å². The van der Waals surface area contributed by atoms with E-state index in [1.54, 1.807) is 42.5 Å². The van der Waals surface area contributed by atoms with Crippen LogP contribution in [-0.2, 0) is 11.2 Å². The summed E-state index contributed by atoms with van der Waals surface area (Å²) in [5.41, 5.74) is 5.77. The summed E-state index contributed by atoms with van der Waals surface area (Å²) in [4.78, 5) is 43.4. The molecule has 0 aliphatic heterocycles. The molecule has 3 N–H and O–H groups in total. The Bertz CT molecular complexity index is 1260. The molecule has 28 heavy (non-hydrogen) atoms. The Morgan fingerprint density at radius 1 is 0.893 bits per heavy atom. The number of hydrogen-bond donors (Lipinski definition) is 3. The molecule has 4 rings (SSSR count). The quantitative estimate of drug-likeness (QED) is 0.479. The summed E-state index contributed by atoms with van der Waals surface area (Å²) in [5, 5.41) is 2.23. The summed E-state index contributed by atoms with van der Waals surface area (Å²) in [6, 6.07) is 19.7. The number of hydrazine groups is 1. The van der Waals surface area contributed by atoms with Crippen LogP contribution in [0.2, 0.25) is 0 Å². The van der Waals surface area contributed by atoms with Crippen LogP contribution in [0.4, 0.5) is 0 Å². The zero-order chi connectivity index (χ0) is 19.5. The first-order chi connectivity index (χ1) is 13.6. The van der Waals surface area contributed by atoms with Gasteiger partial charge in [-0.1, -0.05) is 42.5 Å². The highest BCUT2D eigenvalue weighted by Crippen LogP contribution is 2.12. The molecule has 0 radical (unpaired) electrons. The van der Waals surface area contributed by atoms with Gasteiger partial charge in [0.05, 0.1) is 11.9 Å². The Hall–Kier alpha value is -4.00. The van der Waals surface area contributed by atoms with E-state index < -0.39 is 11.8 Å². The molecule has 138 valence electrons. The molecule has 0 saturated heterocycles. The predicted octanol–water partition coefficient (Wildman–Crippen LogP) is 2.08. The lowest BCUT2D eigenvalue weighted by Gasteiger charge is -2.08. The number of pyridine rings is 2. The summed E-state index contributed by atoms with van der Waals surface area (Å²) in [7, 11) is 0. The molecule has 0 spiro atoms. The minimum absolute atomic E-state index is 0.0779. The van der Waals surface area contributed by atoms with Crippen LogP contribution in [0.1, 0.15) is 16.2 Å². The maximum absolute atomic E-state index is 12.2. The molecule has 7 heteroatoms. The van der Waals surface area contributed by atoms with Gasteiger partial charge in [-0.15, -0.1) is 0 Å². The SMILES string of the molecule is O=C(Cc1cc2ccccc2c(=O)[nH]1)NNC(=O)c1ccc2ccccc2n1. The lowest BCUT2D eigenvalue weighted by atomic mass is 10.1. The second-order valence-electron chi connectivity index (χ2n) is 6.28. The lowest BCUT2D eigenvalue weighted by molar-refractivity contribution is -0.121. The highest BCUT2D eigenvalue weighted by Gasteiger charge is 2.11. The number of H-pyrrole nitrogens is 1. The van der Waals surface area contributed by atoms with Gasteiger partial charge in [-0.2, -0.15) is 0 Å². The van der Waals surface area contributed by atoms with Gasteiger partial charge in [-0.05, 0) is 29.7 Å². The minimum Gasteiger partial charge on any atom is -0.325 e. The van der Waals surface area contributed by atoms with Crippen molar-refractivity contribution in [2.45, 2.75) is 6.42 Å². The van der Waals surface area contributed by atoms with Crippen molar-refractivity contribution < 1.29 is 9.59 Å². The van der Waals surface area contributed by atoms with E-state index in [4.69, 9.17) is 0 Å². The van der Waals surface area contributed by atoms with E-state index in [1.807, 2.05) is 24.3 Å². The molecule has 4 aromatic rings. The van der Waals surface area contributed by atoms with Gasteiger partial charge < -0.3 is 4.98 Å². The average Bonchev–Trinajstić information content (AvgIpc) is 2.71. The number of carbonyl (C=O) groups excluding carboxylic acids is 2. The molecule has 0 aliphatic carbocycles. The molecular weight excluding hydrogens is 356 g/mol. The molecule has 2 heterocycles. The van der Waals surface area contributed by atoms with Crippen molar-refractivity contribution in [1.29, 1.82) is 0 Å². The molecular formula is C21H16N4O3. The number of amides is 2. The van der Waals surface area contributed by atoms with Gasteiger partial charge in [0, 0.05) is 16.5 Å². The fourth-order valence-electron chi connectivity index (χ4n) is 2.96. The number of benzene rings is 2. The third-order valence-corrected chi connectivity index (χ3v) is 4.31. The standard InChI is InChI=1S/C21H16N4O3/c26-19(12-15-11-14-6-1-3-7-16(14)20(27)22-15)24-25-21(28)18-10-9-13-5-2-4-8-17(13)23-18/h1-11H,12H2,(H,22,27)(H,24,26)(H,25,28). The van der Waals surface area contributed by atoms with E-state index in [0.29, 0.717) is 16.6 Å². The van der Waals surface area contributed by atoms with Gasteiger partial charge in [0.15, 0.2) is 0 Å². The van der Waals surface area contributed by atoms with Crippen LogP contribution in [0.15, 0.2) is 71.5 Å². The Labute approximate surface area is 159 Å². The molecule has 0 aliphatic rings. The van der Waals surface area contributed by atoms with Crippen molar-refractivity contribution in [2.75, 3.05) is 0 Å². The smallest absolute Gasteiger partial charge is 0.288 e. The first-order valence-corrected chi connectivity index (χ1v) is 8.66. The van der Waals surface area contributed by atoms with E-state index >= 15 is 0 Å². The van der Waals surface area contributed by atoms with Crippen molar-refractivity contribution >= 4 is 33.5 Å². The van der Waals surface area contributed by atoms with Gasteiger partial charge in [0.1, 0.15) is 5.69 Å². The molecule has 2 aromatic heterocycles. The second kappa shape index (κ2) is 7.32. The molecule has 0 atom stereocenters. The fourth-order valence-corrected chi connectivity index (χ4v) is 2.96. The van der Waals surface area contributed by atoms with Crippen molar-refractivity contribution in [1.82, 2.24) is 20.8 Å². The van der Waals surface area contributed by atoms with Crippen LogP contribution in [0.3, 0.4) is 0 Å². The van der Waals surface area contributed by atoms with Crippen molar-refractivity contribution in [3.63, 3.8) is 0 Å². The topological polar surface area (TPSA) is 104 Å². The number of hydrogen-bond acceptors (Lipinski definition) is 4. The summed E-state index contributed by atoms with van der Waals surface area (Å²) in [5.74, 6) is -0.980. The summed E-state index contributed by atoms with van der Waals surface area (Å²) in [6.07, 6.45) is -0.0779. The zero-order valence-corrected chi connectivity index (χ0v) is 14.7. The zero-order valence-electron chi connectivity index (χ0n) is 14.7. The molecule has 0 fully saturated rings. The van der Waals surface area contributed by atoms with Crippen molar-refractivity contribution in [3.8, 4) is 0 Å². The van der Waals surface area contributed by atoms with Crippen LogP contribution in [0, 0.1) is 0 Å². The first-order valence-electron chi connectivity index (χ1n) is 8.66. The lowest BCUT2D eigenvalue weighted by Crippen LogP contribution is -2.42. The maximum Gasteiger partial charge on any atom is 0.288 e. The number of aromatic nitrogens is 2. The number of carbonyl (C=O) groups is 2. The summed E-state index contributed by atoms with van der Waals surface area (Å²) >= 11 is 0. The Balaban J connectivity index is 1.42. The Kier molecular flexibility index (Phi) is 4.55. The molecule has 0 unspecified atom stereocenters. The van der Waals surface area contributed by atoms with Crippen LogP contribution < -0.4 is 16.4 Å². The van der Waals surface area contributed by atoms with Crippen LogP contribution in [-0.4, -0.2) is 21.8 Å². The molecule has 2 amide bonds. The fraction of sp³-hybridized carbons (Fsp3) is 0.0476. The third-order valence-electron chi connectivity index (χ3n) is 4.31. The van der Waals surface area contributed by atoms with Gasteiger partial charge in [0.2, 0.25) is 5.91 Å². The molecule has 2 aromatic carbocycles. The van der Waals surface area contributed by atoms with Gasteiger partial charge in [-0.3, -0.25) is 25.2 Å². The largest absolute Gasteiger partial charge is 0.325 e. The number of fused-ring (bicyclic) bond motifs is 2. The first kappa shape index (κ1) is 17.4. The van der Waals surface area contributed by atoms with Crippen molar-refractivity contribution in [2.24, 2.45) is 0 Å². The highest BCUT2D eigenvalue weighted by molar-refractivity contribution is 5.96.